The Bertz CT molecular complexity index is 425. The summed E-state index contributed by atoms with van der Waals surface area (Å²) in [5, 5.41) is 3.26. The summed E-state index contributed by atoms with van der Waals surface area (Å²) < 4.78 is 29.5. The molecule has 1 aromatic carbocycles. The largest absolute Gasteiger partial charge is 0.434 e. The fraction of sp³-hybridized carbons (Fsp3) is 0.429. The highest BCUT2D eigenvalue weighted by atomic mass is 35.5. The number of halogens is 3. The van der Waals surface area contributed by atoms with Crippen LogP contribution in [0.4, 0.5) is 8.78 Å². The van der Waals surface area contributed by atoms with Crippen LogP contribution in [0.1, 0.15) is 11.6 Å². The van der Waals surface area contributed by atoms with Gasteiger partial charge in [-0.3, -0.25) is 4.90 Å². The predicted molar refractivity (Wildman–Crippen MR) is 77.7 cm³/mol. The maximum Gasteiger partial charge on any atom is 0.387 e. The minimum atomic E-state index is -2.81. The van der Waals surface area contributed by atoms with Crippen molar-refractivity contribution in [3.8, 4) is 5.75 Å². The Morgan fingerprint density at radius 3 is 2.50 bits per heavy atom. The van der Waals surface area contributed by atoms with E-state index in [4.69, 9.17) is 0 Å². The Morgan fingerprint density at radius 1 is 1.25 bits per heavy atom. The predicted octanol–water partition coefficient (Wildman–Crippen LogP) is 2.84. The Labute approximate surface area is 124 Å². The number of ether oxygens (including phenoxy) is 1. The highest BCUT2D eigenvalue weighted by molar-refractivity contribution is 5.85. The van der Waals surface area contributed by atoms with Crippen molar-refractivity contribution in [3.05, 3.63) is 42.5 Å². The molecule has 0 unspecified atom stereocenters. The lowest BCUT2D eigenvalue weighted by Crippen LogP contribution is -2.44. The minimum Gasteiger partial charge on any atom is -0.434 e. The van der Waals surface area contributed by atoms with Crippen molar-refractivity contribution < 1.29 is 13.5 Å². The van der Waals surface area contributed by atoms with Gasteiger partial charge in [0.2, 0.25) is 0 Å². The maximum absolute atomic E-state index is 12.4. The van der Waals surface area contributed by atoms with Crippen LogP contribution in [0.15, 0.2) is 36.9 Å². The molecule has 0 aliphatic carbocycles. The summed E-state index contributed by atoms with van der Waals surface area (Å²) in [4.78, 5) is 2.21. The van der Waals surface area contributed by atoms with E-state index in [1.54, 1.807) is 18.2 Å². The summed E-state index contributed by atoms with van der Waals surface area (Å²) >= 11 is 0. The number of rotatable bonds is 5. The van der Waals surface area contributed by atoms with E-state index in [-0.39, 0.29) is 24.2 Å². The summed E-state index contributed by atoms with van der Waals surface area (Å²) in [6, 6.07) is 6.80. The van der Waals surface area contributed by atoms with Crippen LogP contribution in [0.25, 0.3) is 0 Å². The maximum atomic E-state index is 12.4. The molecule has 1 saturated heterocycles. The molecule has 1 aliphatic rings. The summed E-state index contributed by atoms with van der Waals surface area (Å²) in [7, 11) is 0. The lowest BCUT2D eigenvalue weighted by molar-refractivity contribution is -0.0510. The fourth-order valence-corrected chi connectivity index (χ4v) is 2.36. The molecule has 0 saturated carbocycles. The van der Waals surface area contributed by atoms with Gasteiger partial charge in [-0.1, -0.05) is 24.3 Å². The lowest BCUT2D eigenvalue weighted by atomic mass is 10.0. The van der Waals surface area contributed by atoms with Gasteiger partial charge in [-0.15, -0.1) is 19.0 Å². The molecule has 6 heteroatoms. The Kier molecular flexibility index (Phi) is 6.91. The van der Waals surface area contributed by atoms with Crippen molar-refractivity contribution >= 4 is 12.4 Å². The van der Waals surface area contributed by atoms with Crippen molar-refractivity contribution in [1.29, 1.82) is 0 Å². The number of benzene rings is 1. The molecular weight excluding hydrogens is 286 g/mol. The van der Waals surface area contributed by atoms with E-state index >= 15 is 0 Å². The van der Waals surface area contributed by atoms with Crippen LogP contribution in [0, 0.1) is 0 Å². The molecule has 1 atom stereocenters. The van der Waals surface area contributed by atoms with E-state index in [0.29, 0.717) is 0 Å². The van der Waals surface area contributed by atoms with Crippen molar-refractivity contribution in [2.75, 3.05) is 26.2 Å². The molecule has 0 aromatic heterocycles. The first kappa shape index (κ1) is 16.9. The van der Waals surface area contributed by atoms with Crippen LogP contribution >= 0.6 is 12.4 Å². The number of piperazine rings is 1. The number of para-hydroxylation sites is 1. The quantitative estimate of drug-likeness (QED) is 0.847. The molecule has 0 spiro atoms. The standard InChI is InChI=1S/C14H18F2N2O.ClH/c1-2-12(18-9-7-17-8-10-18)11-5-3-4-6-13(11)19-14(15)16;/h2-6,12,14,17H,1,7-10H2;1H/t12-;/m1./s1. The van der Waals surface area contributed by atoms with Crippen LogP contribution in [0.2, 0.25) is 0 Å². The van der Waals surface area contributed by atoms with Crippen LogP contribution in [-0.2, 0) is 0 Å². The topological polar surface area (TPSA) is 24.5 Å². The Hall–Kier alpha value is -1.17. The molecule has 0 amide bonds. The first-order valence-corrected chi connectivity index (χ1v) is 6.33. The zero-order valence-electron chi connectivity index (χ0n) is 11.1. The van der Waals surface area contributed by atoms with Gasteiger partial charge in [-0.25, -0.2) is 0 Å². The van der Waals surface area contributed by atoms with Crippen LogP contribution in [0.5, 0.6) is 5.75 Å². The van der Waals surface area contributed by atoms with Gasteiger partial charge in [0.05, 0.1) is 6.04 Å². The Balaban J connectivity index is 0.00000200. The first-order chi connectivity index (χ1) is 9.22. The number of hydrogen-bond acceptors (Lipinski definition) is 3. The van der Waals surface area contributed by atoms with Crippen molar-refractivity contribution in [2.24, 2.45) is 0 Å². The normalized spacial score (nSPS) is 17.4. The average Bonchev–Trinajstić information content (AvgIpc) is 2.42. The zero-order valence-corrected chi connectivity index (χ0v) is 11.9. The smallest absolute Gasteiger partial charge is 0.387 e. The Morgan fingerprint density at radius 2 is 1.90 bits per heavy atom. The van der Waals surface area contributed by atoms with Crippen molar-refractivity contribution in [1.82, 2.24) is 10.2 Å². The SMILES string of the molecule is C=C[C@H](c1ccccc1OC(F)F)N1CCNCC1.Cl. The molecular formula is C14H19ClF2N2O. The molecule has 112 valence electrons. The second-order valence-electron chi connectivity index (χ2n) is 4.38. The molecule has 1 heterocycles. The fourth-order valence-electron chi connectivity index (χ4n) is 2.36. The molecule has 1 aromatic rings. The van der Waals surface area contributed by atoms with E-state index in [0.717, 1.165) is 31.7 Å². The van der Waals surface area contributed by atoms with Crippen LogP contribution < -0.4 is 10.1 Å². The first-order valence-electron chi connectivity index (χ1n) is 6.33. The molecule has 3 nitrogen and oxygen atoms in total. The van der Waals surface area contributed by atoms with Crippen molar-refractivity contribution in [2.45, 2.75) is 12.7 Å². The van der Waals surface area contributed by atoms with E-state index in [2.05, 4.69) is 21.5 Å². The monoisotopic (exact) mass is 304 g/mol. The van der Waals surface area contributed by atoms with Gasteiger partial charge >= 0.3 is 6.61 Å². The van der Waals surface area contributed by atoms with Crippen LogP contribution in [0.3, 0.4) is 0 Å². The van der Waals surface area contributed by atoms with Gasteiger partial charge in [0.1, 0.15) is 5.75 Å². The molecule has 1 fully saturated rings. The zero-order chi connectivity index (χ0) is 13.7. The number of alkyl halides is 2. The van der Waals surface area contributed by atoms with Gasteiger partial charge < -0.3 is 10.1 Å². The third-order valence-electron chi connectivity index (χ3n) is 3.22. The van der Waals surface area contributed by atoms with Crippen LogP contribution in [-0.4, -0.2) is 37.7 Å². The molecule has 0 bridgehead atoms. The van der Waals surface area contributed by atoms with Gasteiger partial charge in [-0.2, -0.15) is 8.78 Å². The van der Waals surface area contributed by atoms with Crippen molar-refractivity contribution in [3.63, 3.8) is 0 Å². The molecule has 1 N–H and O–H groups in total. The van der Waals surface area contributed by atoms with E-state index in [1.165, 1.54) is 0 Å². The van der Waals surface area contributed by atoms with E-state index in [9.17, 15) is 8.78 Å². The number of hydrogen-bond donors (Lipinski definition) is 1. The molecule has 2 rings (SSSR count). The average molecular weight is 305 g/mol. The minimum absolute atomic E-state index is 0. The highest BCUT2D eigenvalue weighted by Crippen LogP contribution is 2.31. The van der Waals surface area contributed by atoms with Gasteiger partial charge in [-0.05, 0) is 6.07 Å². The summed E-state index contributed by atoms with van der Waals surface area (Å²) in [5.41, 5.74) is 0.736. The third-order valence-corrected chi connectivity index (χ3v) is 3.22. The summed E-state index contributed by atoms with van der Waals surface area (Å²) in [5.74, 6) is 0.223. The van der Waals surface area contributed by atoms with E-state index < -0.39 is 6.61 Å². The van der Waals surface area contributed by atoms with Gasteiger partial charge in [0, 0.05) is 31.7 Å². The number of nitrogens with zero attached hydrogens (tertiary/aromatic N) is 1. The van der Waals surface area contributed by atoms with Gasteiger partial charge in [0.25, 0.3) is 0 Å². The molecule has 0 radical (unpaired) electrons. The lowest BCUT2D eigenvalue weighted by Gasteiger charge is -2.34. The number of nitrogens with one attached hydrogen (secondary N) is 1. The summed E-state index contributed by atoms with van der Waals surface area (Å²) in [6.07, 6.45) is 1.78. The molecule has 1 aliphatic heterocycles. The second kappa shape index (κ2) is 8.19. The highest BCUT2D eigenvalue weighted by Gasteiger charge is 2.23. The van der Waals surface area contributed by atoms with Gasteiger partial charge in [0.15, 0.2) is 0 Å². The second-order valence-corrected chi connectivity index (χ2v) is 4.38. The van der Waals surface area contributed by atoms with E-state index in [1.807, 2.05) is 12.1 Å². The summed E-state index contributed by atoms with van der Waals surface area (Å²) in [6.45, 7) is 4.52. The molecule has 20 heavy (non-hydrogen) atoms. The third kappa shape index (κ3) is 4.16.